The summed E-state index contributed by atoms with van der Waals surface area (Å²) in [7, 11) is 1.31. The minimum atomic E-state index is -0.556. The Bertz CT molecular complexity index is 728. The fourth-order valence-corrected chi connectivity index (χ4v) is 2.47. The van der Waals surface area contributed by atoms with Gasteiger partial charge in [-0.15, -0.1) is 0 Å². The minimum Gasteiger partial charge on any atom is -0.469 e. The molecule has 0 saturated heterocycles. The molecule has 0 bridgehead atoms. The quantitative estimate of drug-likeness (QED) is 0.641. The van der Waals surface area contributed by atoms with Crippen molar-refractivity contribution in [2.24, 2.45) is 0 Å². The Morgan fingerprint density at radius 3 is 2.46 bits per heavy atom. The number of hydrogen-bond acceptors (Lipinski definition) is 3. The summed E-state index contributed by atoms with van der Waals surface area (Å²) in [4.78, 5) is 23.8. The lowest BCUT2D eigenvalue weighted by Crippen LogP contribution is -2.29. The number of benzene rings is 2. The molecule has 124 valence electrons. The monoisotopic (exact) mass is 343 g/mol. The maximum atomic E-state index is 12.2. The van der Waals surface area contributed by atoms with E-state index in [1.54, 1.807) is 30.3 Å². The third-order valence-corrected chi connectivity index (χ3v) is 3.77. The molecule has 0 radical (unpaired) electrons. The van der Waals surface area contributed by atoms with E-state index in [0.29, 0.717) is 10.6 Å². The van der Waals surface area contributed by atoms with Crippen LogP contribution in [0.15, 0.2) is 60.7 Å². The first kappa shape index (κ1) is 17.8. The molecule has 5 heteroatoms. The first-order chi connectivity index (χ1) is 11.6. The molecule has 1 unspecified atom stereocenters. The van der Waals surface area contributed by atoms with Crippen LogP contribution in [0.25, 0.3) is 6.08 Å². The molecule has 1 N–H and O–H groups in total. The number of ether oxygens (including phenoxy) is 1. The van der Waals surface area contributed by atoms with E-state index >= 15 is 0 Å². The molecule has 2 rings (SSSR count). The van der Waals surface area contributed by atoms with E-state index in [1.165, 1.54) is 13.2 Å². The largest absolute Gasteiger partial charge is 0.469 e. The molecule has 0 aliphatic rings. The maximum absolute atomic E-state index is 12.2. The van der Waals surface area contributed by atoms with E-state index in [0.717, 1.165) is 5.56 Å². The predicted molar refractivity (Wildman–Crippen MR) is 94.4 cm³/mol. The number of rotatable bonds is 6. The molecule has 2 aromatic carbocycles. The number of nitrogens with one attached hydrogen (secondary N) is 1. The summed E-state index contributed by atoms with van der Waals surface area (Å²) in [6.45, 7) is 0. The van der Waals surface area contributed by atoms with Crippen LogP contribution in [0.4, 0.5) is 0 Å². The van der Waals surface area contributed by atoms with Crippen LogP contribution in [-0.2, 0) is 14.3 Å². The van der Waals surface area contributed by atoms with E-state index in [1.807, 2.05) is 30.3 Å². The zero-order valence-corrected chi connectivity index (χ0v) is 14.0. The molecule has 0 aliphatic carbocycles. The Kier molecular flexibility index (Phi) is 6.58. The molecule has 2 aromatic rings. The molecule has 4 nitrogen and oxygen atoms in total. The SMILES string of the molecule is COC(=O)CC(NC(=O)/C=C/c1ccccc1)c1ccccc1Cl. The van der Waals surface area contributed by atoms with E-state index in [-0.39, 0.29) is 12.3 Å². The second-order valence-corrected chi connectivity index (χ2v) is 5.51. The van der Waals surface area contributed by atoms with Gasteiger partial charge in [0.05, 0.1) is 19.6 Å². The zero-order valence-electron chi connectivity index (χ0n) is 13.2. The molecule has 0 fully saturated rings. The van der Waals surface area contributed by atoms with Gasteiger partial charge in [-0.1, -0.05) is 60.1 Å². The van der Waals surface area contributed by atoms with Gasteiger partial charge in [0.15, 0.2) is 0 Å². The normalized spacial score (nSPS) is 11.9. The van der Waals surface area contributed by atoms with E-state index in [2.05, 4.69) is 5.32 Å². The lowest BCUT2D eigenvalue weighted by atomic mass is 10.0. The Hall–Kier alpha value is -2.59. The number of carbonyl (C=O) groups is 2. The summed E-state index contributed by atoms with van der Waals surface area (Å²) in [5.41, 5.74) is 1.58. The van der Waals surface area contributed by atoms with Gasteiger partial charge in [0.2, 0.25) is 5.91 Å². The van der Waals surface area contributed by atoms with Crippen molar-refractivity contribution in [2.75, 3.05) is 7.11 Å². The van der Waals surface area contributed by atoms with Crippen molar-refractivity contribution in [1.82, 2.24) is 5.32 Å². The Labute approximate surface area is 146 Å². The van der Waals surface area contributed by atoms with Crippen molar-refractivity contribution in [1.29, 1.82) is 0 Å². The minimum absolute atomic E-state index is 0.00511. The molecule has 1 atom stereocenters. The van der Waals surface area contributed by atoms with E-state index in [9.17, 15) is 9.59 Å². The van der Waals surface area contributed by atoms with Gasteiger partial charge in [-0.3, -0.25) is 9.59 Å². The second kappa shape index (κ2) is 8.89. The summed E-state index contributed by atoms with van der Waals surface area (Å²) < 4.78 is 4.70. The topological polar surface area (TPSA) is 55.4 Å². The van der Waals surface area contributed by atoms with Crippen LogP contribution in [0, 0.1) is 0 Å². The highest BCUT2D eigenvalue weighted by Crippen LogP contribution is 2.25. The molecule has 0 saturated carbocycles. The first-order valence-corrected chi connectivity index (χ1v) is 7.83. The fourth-order valence-electron chi connectivity index (χ4n) is 2.20. The van der Waals surface area contributed by atoms with Crippen molar-refractivity contribution in [2.45, 2.75) is 12.5 Å². The van der Waals surface area contributed by atoms with Gasteiger partial charge in [0, 0.05) is 11.1 Å². The van der Waals surface area contributed by atoms with Gasteiger partial charge in [-0.05, 0) is 23.3 Å². The van der Waals surface area contributed by atoms with Gasteiger partial charge in [-0.25, -0.2) is 0 Å². The zero-order chi connectivity index (χ0) is 17.4. The number of hydrogen-bond donors (Lipinski definition) is 1. The number of esters is 1. The third kappa shape index (κ3) is 5.25. The van der Waals surface area contributed by atoms with Crippen LogP contribution in [0.3, 0.4) is 0 Å². The number of methoxy groups -OCH3 is 1. The molecular formula is C19H18ClNO3. The van der Waals surface area contributed by atoms with Crippen LogP contribution in [0.2, 0.25) is 5.02 Å². The van der Waals surface area contributed by atoms with Crippen molar-refractivity contribution in [3.8, 4) is 0 Å². The Morgan fingerprint density at radius 2 is 1.79 bits per heavy atom. The third-order valence-electron chi connectivity index (χ3n) is 3.42. The smallest absolute Gasteiger partial charge is 0.307 e. The lowest BCUT2D eigenvalue weighted by Gasteiger charge is -2.18. The van der Waals surface area contributed by atoms with Crippen LogP contribution < -0.4 is 5.32 Å². The summed E-state index contributed by atoms with van der Waals surface area (Å²) in [5, 5.41) is 3.28. The second-order valence-electron chi connectivity index (χ2n) is 5.11. The standard InChI is InChI=1S/C19H18ClNO3/c1-24-19(23)13-17(15-9-5-6-10-16(15)20)21-18(22)12-11-14-7-3-2-4-8-14/h2-12,17H,13H2,1H3,(H,21,22)/b12-11+. The Balaban J connectivity index is 2.13. The van der Waals surface area contributed by atoms with Gasteiger partial charge in [-0.2, -0.15) is 0 Å². The molecule has 0 spiro atoms. The molecule has 1 amide bonds. The van der Waals surface area contributed by atoms with Gasteiger partial charge in [0.1, 0.15) is 0 Å². The fraction of sp³-hybridized carbons (Fsp3) is 0.158. The van der Waals surface area contributed by atoms with Crippen molar-refractivity contribution in [3.63, 3.8) is 0 Å². The molecule has 24 heavy (non-hydrogen) atoms. The highest BCUT2D eigenvalue weighted by molar-refractivity contribution is 6.31. The van der Waals surface area contributed by atoms with Crippen LogP contribution >= 0.6 is 11.6 Å². The summed E-state index contributed by atoms with van der Waals surface area (Å²) in [6, 6.07) is 16.0. The predicted octanol–water partition coefficient (Wildman–Crippen LogP) is 3.77. The molecule has 0 aromatic heterocycles. The van der Waals surface area contributed by atoms with Crippen molar-refractivity contribution < 1.29 is 14.3 Å². The highest BCUT2D eigenvalue weighted by atomic mass is 35.5. The number of carbonyl (C=O) groups excluding carboxylic acids is 2. The number of halogens is 1. The van der Waals surface area contributed by atoms with Gasteiger partial charge in [0.25, 0.3) is 0 Å². The molecule has 0 heterocycles. The van der Waals surface area contributed by atoms with Crippen molar-refractivity contribution >= 4 is 29.6 Å². The average Bonchev–Trinajstić information content (AvgIpc) is 2.60. The Morgan fingerprint density at radius 1 is 1.12 bits per heavy atom. The van der Waals surface area contributed by atoms with Crippen LogP contribution in [-0.4, -0.2) is 19.0 Å². The van der Waals surface area contributed by atoms with Crippen LogP contribution in [0.1, 0.15) is 23.6 Å². The molecule has 0 aliphatic heterocycles. The highest BCUT2D eigenvalue weighted by Gasteiger charge is 2.20. The van der Waals surface area contributed by atoms with E-state index in [4.69, 9.17) is 16.3 Å². The van der Waals surface area contributed by atoms with Crippen LogP contribution in [0.5, 0.6) is 0 Å². The van der Waals surface area contributed by atoms with Crippen molar-refractivity contribution in [3.05, 3.63) is 76.8 Å². The maximum Gasteiger partial charge on any atom is 0.307 e. The average molecular weight is 344 g/mol. The summed E-state index contributed by atoms with van der Waals surface area (Å²) in [5.74, 6) is -0.736. The van der Waals surface area contributed by atoms with Gasteiger partial charge >= 0.3 is 5.97 Å². The van der Waals surface area contributed by atoms with E-state index < -0.39 is 12.0 Å². The molecular weight excluding hydrogens is 326 g/mol. The number of amides is 1. The first-order valence-electron chi connectivity index (χ1n) is 7.45. The summed E-state index contributed by atoms with van der Waals surface area (Å²) >= 11 is 6.18. The lowest BCUT2D eigenvalue weighted by molar-refractivity contribution is -0.141. The van der Waals surface area contributed by atoms with Gasteiger partial charge < -0.3 is 10.1 Å². The summed E-state index contributed by atoms with van der Waals surface area (Å²) in [6.07, 6.45) is 3.14.